The van der Waals surface area contributed by atoms with Crippen LogP contribution in [0, 0.1) is 17.2 Å². The Morgan fingerprint density at radius 2 is 2.07 bits per heavy atom. The van der Waals surface area contributed by atoms with E-state index in [2.05, 4.69) is 31.1 Å². The van der Waals surface area contributed by atoms with Crippen LogP contribution in [-0.4, -0.2) is 11.0 Å². The number of hydrogen-bond donors (Lipinski definition) is 1. The lowest BCUT2D eigenvalue weighted by atomic mass is 10.1. The molecule has 14 heavy (non-hydrogen) atoms. The SMILES string of the molecule is CC(C)C(C)Nc1ccc(C#N)cn1. The molecule has 1 heterocycles. The van der Waals surface area contributed by atoms with E-state index in [4.69, 9.17) is 5.26 Å². The van der Waals surface area contributed by atoms with Gasteiger partial charge in [0.1, 0.15) is 11.9 Å². The first kappa shape index (κ1) is 10.5. The van der Waals surface area contributed by atoms with Crippen LogP contribution in [0.15, 0.2) is 18.3 Å². The molecule has 1 N–H and O–H groups in total. The van der Waals surface area contributed by atoms with E-state index in [0.717, 1.165) is 5.82 Å². The average Bonchev–Trinajstić information content (AvgIpc) is 2.19. The van der Waals surface area contributed by atoms with Gasteiger partial charge in [-0.1, -0.05) is 13.8 Å². The number of nitrogens with one attached hydrogen (secondary N) is 1. The Bertz CT molecular complexity index is 321. The minimum atomic E-state index is 0.385. The highest BCUT2D eigenvalue weighted by molar-refractivity contribution is 5.39. The van der Waals surface area contributed by atoms with Gasteiger partial charge in [-0.25, -0.2) is 4.98 Å². The van der Waals surface area contributed by atoms with Crippen LogP contribution in [-0.2, 0) is 0 Å². The van der Waals surface area contributed by atoms with Crippen LogP contribution in [0.4, 0.5) is 5.82 Å². The van der Waals surface area contributed by atoms with E-state index in [1.54, 1.807) is 12.3 Å². The highest BCUT2D eigenvalue weighted by atomic mass is 15.0. The topological polar surface area (TPSA) is 48.7 Å². The number of pyridine rings is 1. The largest absolute Gasteiger partial charge is 0.367 e. The molecule has 3 nitrogen and oxygen atoms in total. The van der Waals surface area contributed by atoms with E-state index in [9.17, 15) is 0 Å². The van der Waals surface area contributed by atoms with Gasteiger partial charge < -0.3 is 5.32 Å². The first-order valence-corrected chi connectivity index (χ1v) is 4.76. The van der Waals surface area contributed by atoms with Gasteiger partial charge in [-0.3, -0.25) is 0 Å². The summed E-state index contributed by atoms with van der Waals surface area (Å²) in [6.45, 7) is 6.42. The normalized spacial score (nSPS) is 12.2. The number of hydrogen-bond acceptors (Lipinski definition) is 3. The maximum atomic E-state index is 8.59. The number of nitriles is 1. The van der Waals surface area contributed by atoms with Crippen molar-refractivity contribution in [1.82, 2.24) is 4.98 Å². The molecule has 1 rings (SSSR count). The molecule has 0 aliphatic heterocycles. The third-order valence-electron chi connectivity index (χ3n) is 2.27. The van der Waals surface area contributed by atoms with Gasteiger partial charge in [0.05, 0.1) is 5.56 Å². The zero-order valence-electron chi connectivity index (χ0n) is 8.78. The van der Waals surface area contributed by atoms with Gasteiger partial charge in [0.2, 0.25) is 0 Å². The highest BCUT2D eigenvalue weighted by Crippen LogP contribution is 2.09. The molecule has 1 aromatic rings. The lowest BCUT2D eigenvalue weighted by Crippen LogP contribution is -2.21. The molecule has 0 aromatic carbocycles. The highest BCUT2D eigenvalue weighted by Gasteiger charge is 2.06. The maximum absolute atomic E-state index is 8.59. The molecule has 0 bridgehead atoms. The zero-order valence-corrected chi connectivity index (χ0v) is 8.78. The third kappa shape index (κ3) is 2.74. The van der Waals surface area contributed by atoms with Gasteiger partial charge in [0.25, 0.3) is 0 Å². The van der Waals surface area contributed by atoms with Gasteiger partial charge in [0, 0.05) is 12.2 Å². The van der Waals surface area contributed by atoms with Crippen molar-refractivity contribution < 1.29 is 0 Å². The van der Waals surface area contributed by atoms with Crippen molar-refractivity contribution in [2.75, 3.05) is 5.32 Å². The third-order valence-corrected chi connectivity index (χ3v) is 2.27. The summed E-state index contributed by atoms with van der Waals surface area (Å²) >= 11 is 0. The quantitative estimate of drug-likeness (QED) is 0.794. The molecule has 74 valence electrons. The molecule has 1 unspecified atom stereocenters. The summed E-state index contributed by atoms with van der Waals surface area (Å²) in [5.41, 5.74) is 0.591. The second-order valence-corrected chi connectivity index (χ2v) is 3.72. The molecule has 3 heteroatoms. The Kier molecular flexibility index (Phi) is 3.47. The Morgan fingerprint density at radius 1 is 1.36 bits per heavy atom. The fourth-order valence-electron chi connectivity index (χ4n) is 0.945. The van der Waals surface area contributed by atoms with Gasteiger partial charge in [0.15, 0.2) is 0 Å². The lowest BCUT2D eigenvalue weighted by Gasteiger charge is -2.17. The summed E-state index contributed by atoms with van der Waals surface area (Å²) in [6.07, 6.45) is 1.58. The van der Waals surface area contributed by atoms with Crippen molar-refractivity contribution in [3.8, 4) is 6.07 Å². The van der Waals surface area contributed by atoms with Crippen LogP contribution in [0.3, 0.4) is 0 Å². The summed E-state index contributed by atoms with van der Waals surface area (Å²) in [4.78, 5) is 4.14. The van der Waals surface area contributed by atoms with Gasteiger partial charge in [-0.15, -0.1) is 0 Å². The summed E-state index contributed by atoms with van der Waals surface area (Å²) in [5, 5.41) is 11.9. The fraction of sp³-hybridized carbons (Fsp3) is 0.455. The maximum Gasteiger partial charge on any atom is 0.126 e. The molecular formula is C11H15N3. The van der Waals surface area contributed by atoms with E-state index in [-0.39, 0.29) is 0 Å². The minimum Gasteiger partial charge on any atom is -0.367 e. The Labute approximate surface area is 84.8 Å². The summed E-state index contributed by atoms with van der Waals surface area (Å²) in [6, 6.07) is 6.02. The molecule has 0 amide bonds. The minimum absolute atomic E-state index is 0.385. The molecule has 0 saturated carbocycles. The van der Waals surface area contributed by atoms with Crippen LogP contribution >= 0.6 is 0 Å². The van der Waals surface area contributed by atoms with E-state index in [1.165, 1.54) is 0 Å². The van der Waals surface area contributed by atoms with Crippen LogP contribution < -0.4 is 5.32 Å². The van der Waals surface area contributed by atoms with Gasteiger partial charge in [-0.05, 0) is 25.0 Å². The van der Waals surface area contributed by atoms with E-state index >= 15 is 0 Å². The Balaban J connectivity index is 2.65. The number of nitrogens with zero attached hydrogens (tertiary/aromatic N) is 2. The number of rotatable bonds is 3. The van der Waals surface area contributed by atoms with Crippen molar-refractivity contribution in [2.24, 2.45) is 5.92 Å². The Morgan fingerprint density at radius 3 is 2.50 bits per heavy atom. The second-order valence-electron chi connectivity index (χ2n) is 3.72. The van der Waals surface area contributed by atoms with Crippen LogP contribution in [0.25, 0.3) is 0 Å². The predicted octanol–water partition coefficient (Wildman–Crippen LogP) is 2.41. The molecule has 1 aromatic heterocycles. The Hall–Kier alpha value is -1.56. The van der Waals surface area contributed by atoms with Crippen molar-refractivity contribution in [3.05, 3.63) is 23.9 Å². The summed E-state index contributed by atoms with van der Waals surface area (Å²) in [7, 11) is 0. The monoisotopic (exact) mass is 189 g/mol. The lowest BCUT2D eigenvalue weighted by molar-refractivity contribution is 0.558. The van der Waals surface area contributed by atoms with Crippen LogP contribution in [0.2, 0.25) is 0 Å². The van der Waals surface area contributed by atoms with Gasteiger partial charge in [-0.2, -0.15) is 5.26 Å². The van der Waals surface area contributed by atoms with Crippen molar-refractivity contribution in [1.29, 1.82) is 5.26 Å². The predicted molar refractivity (Wildman–Crippen MR) is 56.9 cm³/mol. The number of aromatic nitrogens is 1. The fourth-order valence-corrected chi connectivity index (χ4v) is 0.945. The molecule has 0 saturated heterocycles. The van der Waals surface area contributed by atoms with Crippen LogP contribution in [0.1, 0.15) is 26.3 Å². The van der Waals surface area contributed by atoms with Crippen LogP contribution in [0.5, 0.6) is 0 Å². The molecule has 0 aliphatic rings. The number of anilines is 1. The average molecular weight is 189 g/mol. The molecule has 0 spiro atoms. The summed E-state index contributed by atoms with van der Waals surface area (Å²) in [5.74, 6) is 1.39. The zero-order chi connectivity index (χ0) is 10.6. The molecular weight excluding hydrogens is 174 g/mol. The van der Waals surface area contributed by atoms with E-state index in [0.29, 0.717) is 17.5 Å². The van der Waals surface area contributed by atoms with Gasteiger partial charge >= 0.3 is 0 Å². The smallest absolute Gasteiger partial charge is 0.126 e. The first-order valence-electron chi connectivity index (χ1n) is 4.76. The first-order chi connectivity index (χ1) is 6.63. The summed E-state index contributed by atoms with van der Waals surface area (Å²) < 4.78 is 0. The van der Waals surface area contributed by atoms with Crippen molar-refractivity contribution in [3.63, 3.8) is 0 Å². The van der Waals surface area contributed by atoms with E-state index < -0.39 is 0 Å². The molecule has 0 radical (unpaired) electrons. The van der Waals surface area contributed by atoms with Crippen molar-refractivity contribution >= 4 is 5.82 Å². The molecule has 0 aliphatic carbocycles. The van der Waals surface area contributed by atoms with Crippen molar-refractivity contribution in [2.45, 2.75) is 26.8 Å². The molecule has 0 fully saturated rings. The standard InChI is InChI=1S/C11H15N3/c1-8(2)9(3)14-11-5-4-10(6-12)7-13-11/h4-5,7-9H,1-3H3,(H,13,14). The van der Waals surface area contributed by atoms with E-state index in [1.807, 2.05) is 12.1 Å². The second kappa shape index (κ2) is 4.61. The molecule has 1 atom stereocenters.